The molecule has 22 heavy (non-hydrogen) atoms. The summed E-state index contributed by atoms with van der Waals surface area (Å²) in [6.07, 6.45) is 4.35. The fourth-order valence-electron chi connectivity index (χ4n) is 2.97. The van der Waals surface area contributed by atoms with Crippen LogP contribution in [0.4, 0.5) is 5.13 Å². The molecule has 4 rings (SSSR count). The lowest BCUT2D eigenvalue weighted by atomic mass is 10.1. The minimum absolute atomic E-state index is 0.0727. The van der Waals surface area contributed by atoms with Crippen molar-refractivity contribution in [3.8, 4) is 0 Å². The molecule has 1 aromatic heterocycles. The topological polar surface area (TPSA) is 46.1 Å². The molecule has 1 fully saturated rings. The predicted octanol–water partition coefficient (Wildman–Crippen LogP) is 3.31. The lowest BCUT2D eigenvalue weighted by Gasteiger charge is -2.15. The second-order valence-electron chi connectivity index (χ2n) is 5.89. The van der Waals surface area contributed by atoms with E-state index in [2.05, 4.69) is 34.5 Å². The molecule has 0 saturated heterocycles. The Kier molecular flexibility index (Phi) is 3.66. The first-order valence-electron chi connectivity index (χ1n) is 7.57. The van der Waals surface area contributed by atoms with Gasteiger partial charge in [0.2, 0.25) is 11.0 Å². The first-order chi connectivity index (χ1) is 10.7. The monoisotopic (exact) mass is 331 g/mol. The van der Waals surface area contributed by atoms with E-state index in [0.717, 1.165) is 35.2 Å². The van der Waals surface area contributed by atoms with Crippen LogP contribution in [0.5, 0.6) is 0 Å². The number of rotatable bonds is 4. The second-order valence-corrected chi connectivity index (χ2v) is 8.39. The number of benzene rings is 1. The second kappa shape index (κ2) is 5.66. The van der Waals surface area contributed by atoms with Crippen molar-refractivity contribution in [2.45, 2.75) is 48.2 Å². The lowest BCUT2D eigenvalue weighted by Crippen LogP contribution is -2.30. The number of aromatic nitrogens is 2. The van der Waals surface area contributed by atoms with Gasteiger partial charge in [-0.25, -0.2) is 0 Å². The number of nitrogens with zero attached hydrogens (tertiary/aromatic N) is 3. The maximum Gasteiger partial charge on any atom is 0.225 e. The van der Waals surface area contributed by atoms with Gasteiger partial charge in [0.25, 0.3) is 0 Å². The van der Waals surface area contributed by atoms with Crippen LogP contribution >= 0.6 is 23.1 Å². The van der Waals surface area contributed by atoms with Crippen LogP contribution in [0.2, 0.25) is 0 Å². The van der Waals surface area contributed by atoms with E-state index in [1.54, 1.807) is 30.0 Å². The van der Waals surface area contributed by atoms with Gasteiger partial charge in [-0.15, -0.1) is 10.2 Å². The Bertz CT molecular complexity index is 686. The zero-order valence-corrected chi connectivity index (χ0v) is 14.0. The SMILES string of the molecule is CC(=O)N(c1nnc(SC2Cc3ccccc3C2)s1)C1CC1. The Hall–Kier alpha value is -1.40. The maximum atomic E-state index is 11.8. The van der Waals surface area contributed by atoms with Gasteiger partial charge in [-0.1, -0.05) is 47.4 Å². The Labute approximate surface area is 137 Å². The van der Waals surface area contributed by atoms with E-state index in [0.29, 0.717) is 11.3 Å². The number of fused-ring (bicyclic) bond motifs is 1. The highest BCUT2D eigenvalue weighted by Gasteiger charge is 2.34. The number of thioether (sulfide) groups is 1. The van der Waals surface area contributed by atoms with Crippen molar-refractivity contribution in [1.82, 2.24) is 10.2 Å². The van der Waals surface area contributed by atoms with Crippen molar-refractivity contribution in [3.05, 3.63) is 35.4 Å². The maximum absolute atomic E-state index is 11.8. The summed E-state index contributed by atoms with van der Waals surface area (Å²) < 4.78 is 0.972. The van der Waals surface area contributed by atoms with Crippen molar-refractivity contribution in [1.29, 1.82) is 0 Å². The Morgan fingerprint density at radius 2 is 1.91 bits per heavy atom. The minimum atomic E-state index is 0.0727. The van der Waals surface area contributed by atoms with Crippen LogP contribution in [-0.2, 0) is 17.6 Å². The molecule has 0 bridgehead atoms. The van der Waals surface area contributed by atoms with Gasteiger partial charge in [0.05, 0.1) is 0 Å². The summed E-state index contributed by atoms with van der Waals surface area (Å²) in [5, 5.41) is 9.83. The number of carbonyl (C=O) groups is 1. The summed E-state index contributed by atoms with van der Waals surface area (Å²) >= 11 is 3.35. The van der Waals surface area contributed by atoms with Gasteiger partial charge in [0.15, 0.2) is 4.34 Å². The number of anilines is 1. The standard InChI is InChI=1S/C16H17N3OS2/c1-10(20)19(13-6-7-13)15-17-18-16(22-15)21-14-8-11-4-2-3-5-12(11)9-14/h2-5,13-14H,6-9H2,1H3. The third kappa shape index (κ3) is 2.77. The molecule has 0 radical (unpaired) electrons. The highest BCUT2D eigenvalue weighted by molar-refractivity contribution is 8.01. The molecule has 0 atom stereocenters. The third-order valence-corrected chi connectivity index (χ3v) is 6.34. The average Bonchev–Trinajstić information content (AvgIpc) is 3.06. The molecule has 2 aromatic rings. The van der Waals surface area contributed by atoms with Crippen LogP contribution in [0.1, 0.15) is 30.9 Å². The molecule has 1 saturated carbocycles. The minimum Gasteiger partial charge on any atom is -0.284 e. The van der Waals surface area contributed by atoms with Gasteiger partial charge in [-0.3, -0.25) is 9.69 Å². The molecule has 1 heterocycles. The van der Waals surface area contributed by atoms with Crippen LogP contribution in [0.25, 0.3) is 0 Å². The number of hydrogen-bond acceptors (Lipinski definition) is 5. The number of carbonyl (C=O) groups excluding carboxylic acids is 1. The normalized spacial score (nSPS) is 17.5. The first kappa shape index (κ1) is 14.2. The van der Waals surface area contributed by atoms with E-state index in [9.17, 15) is 4.79 Å². The van der Waals surface area contributed by atoms with E-state index in [1.807, 2.05) is 4.90 Å². The summed E-state index contributed by atoms with van der Waals surface area (Å²) in [4.78, 5) is 13.6. The molecule has 4 nitrogen and oxygen atoms in total. The van der Waals surface area contributed by atoms with E-state index >= 15 is 0 Å². The quantitative estimate of drug-likeness (QED) is 0.806. The largest absolute Gasteiger partial charge is 0.284 e. The molecule has 0 aliphatic heterocycles. The Morgan fingerprint density at radius 1 is 1.23 bits per heavy atom. The molecule has 6 heteroatoms. The molecule has 2 aliphatic carbocycles. The van der Waals surface area contributed by atoms with Gasteiger partial charge in [0, 0.05) is 18.2 Å². The van der Waals surface area contributed by atoms with Crippen molar-refractivity contribution < 1.29 is 4.79 Å². The molecule has 0 spiro atoms. The Morgan fingerprint density at radius 3 is 2.50 bits per heavy atom. The summed E-state index contributed by atoms with van der Waals surface area (Å²) in [7, 11) is 0. The number of hydrogen-bond donors (Lipinski definition) is 0. The van der Waals surface area contributed by atoms with Crippen LogP contribution < -0.4 is 4.90 Å². The molecule has 2 aliphatic rings. The van der Waals surface area contributed by atoms with Crippen molar-refractivity contribution in [3.63, 3.8) is 0 Å². The van der Waals surface area contributed by atoms with Crippen LogP contribution in [0, 0.1) is 0 Å². The van der Waals surface area contributed by atoms with Crippen LogP contribution in [0.3, 0.4) is 0 Å². The first-order valence-corrected chi connectivity index (χ1v) is 9.27. The molecule has 0 N–H and O–H groups in total. The van der Waals surface area contributed by atoms with Crippen molar-refractivity contribution in [2.24, 2.45) is 0 Å². The van der Waals surface area contributed by atoms with E-state index in [-0.39, 0.29) is 5.91 Å². The summed E-state index contributed by atoms with van der Waals surface area (Å²) in [6, 6.07) is 8.99. The zero-order valence-electron chi connectivity index (χ0n) is 12.4. The smallest absolute Gasteiger partial charge is 0.225 e. The van der Waals surface area contributed by atoms with Gasteiger partial charge < -0.3 is 0 Å². The fraction of sp³-hybridized carbons (Fsp3) is 0.438. The van der Waals surface area contributed by atoms with E-state index < -0.39 is 0 Å². The van der Waals surface area contributed by atoms with Crippen molar-refractivity contribution >= 4 is 34.1 Å². The zero-order chi connectivity index (χ0) is 15.1. The average molecular weight is 331 g/mol. The van der Waals surface area contributed by atoms with Crippen LogP contribution in [-0.4, -0.2) is 27.4 Å². The Balaban J connectivity index is 1.46. The van der Waals surface area contributed by atoms with Gasteiger partial charge in [-0.2, -0.15) is 0 Å². The molecule has 0 unspecified atom stereocenters. The van der Waals surface area contributed by atoms with E-state index in [1.165, 1.54) is 11.1 Å². The summed E-state index contributed by atoms with van der Waals surface area (Å²) in [5.41, 5.74) is 2.90. The molecule has 1 aromatic carbocycles. The number of amides is 1. The van der Waals surface area contributed by atoms with Gasteiger partial charge in [0.1, 0.15) is 0 Å². The van der Waals surface area contributed by atoms with Crippen molar-refractivity contribution in [2.75, 3.05) is 4.90 Å². The van der Waals surface area contributed by atoms with E-state index in [4.69, 9.17) is 0 Å². The predicted molar refractivity (Wildman–Crippen MR) is 89.6 cm³/mol. The van der Waals surface area contributed by atoms with Crippen LogP contribution in [0.15, 0.2) is 28.6 Å². The van der Waals surface area contributed by atoms with Gasteiger partial charge in [-0.05, 0) is 36.8 Å². The lowest BCUT2D eigenvalue weighted by molar-refractivity contribution is -0.116. The summed E-state index contributed by atoms with van der Waals surface area (Å²) in [6.45, 7) is 1.61. The highest BCUT2D eigenvalue weighted by Crippen LogP contribution is 2.39. The molecular weight excluding hydrogens is 314 g/mol. The third-order valence-electron chi connectivity index (χ3n) is 4.13. The van der Waals surface area contributed by atoms with Gasteiger partial charge >= 0.3 is 0 Å². The molecular formula is C16H17N3OS2. The fourth-order valence-corrected chi connectivity index (χ4v) is 5.39. The molecule has 114 valence electrons. The molecule has 1 amide bonds. The summed E-state index contributed by atoms with van der Waals surface area (Å²) in [5.74, 6) is 0.0727. The highest BCUT2D eigenvalue weighted by atomic mass is 32.2.